The molecule has 17 heavy (non-hydrogen) atoms. The largest absolute Gasteiger partial charge is 0.397 e. The van der Waals surface area contributed by atoms with Crippen LogP contribution in [0, 0.1) is 6.92 Å². The molecule has 2 aromatic carbocycles. The Morgan fingerprint density at radius 2 is 1.59 bits per heavy atom. The van der Waals surface area contributed by atoms with Gasteiger partial charge in [0.25, 0.3) is 0 Å². The fourth-order valence-corrected chi connectivity index (χ4v) is 2.39. The Hall–Kier alpha value is -1.00. The molecule has 0 radical (unpaired) electrons. The van der Waals surface area contributed by atoms with Crippen molar-refractivity contribution in [3.05, 3.63) is 50.9 Å². The number of hydrogen-bond acceptors (Lipinski definition) is 2. The van der Waals surface area contributed by atoms with E-state index in [1.54, 1.807) is 0 Å². The third kappa shape index (κ3) is 3.01. The second-order valence-corrected chi connectivity index (χ2v) is 5.65. The molecule has 2 aromatic rings. The van der Waals surface area contributed by atoms with Gasteiger partial charge in [0.1, 0.15) is 0 Å². The molecule has 4 heteroatoms. The molecule has 0 aliphatic rings. The lowest BCUT2D eigenvalue weighted by Gasteiger charge is -2.12. The summed E-state index contributed by atoms with van der Waals surface area (Å²) in [6.45, 7) is 2.06. The van der Waals surface area contributed by atoms with Crippen molar-refractivity contribution in [1.29, 1.82) is 0 Å². The van der Waals surface area contributed by atoms with Crippen molar-refractivity contribution < 1.29 is 0 Å². The Labute approximate surface area is 117 Å². The number of halogens is 2. The van der Waals surface area contributed by atoms with Gasteiger partial charge in [-0.25, -0.2) is 0 Å². The predicted octanol–water partition coefficient (Wildman–Crippen LogP) is 4.85. The highest BCUT2D eigenvalue weighted by Crippen LogP contribution is 2.29. The van der Waals surface area contributed by atoms with Gasteiger partial charge in [-0.15, -0.1) is 0 Å². The summed E-state index contributed by atoms with van der Waals surface area (Å²) in [5.41, 5.74) is 9.78. The highest BCUT2D eigenvalue weighted by Gasteiger charge is 2.03. The number of rotatable bonds is 2. The topological polar surface area (TPSA) is 38.0 Å². The number of aryl methyl sites for hydroxylation is 1. The first-order valence-corrected chi connectivity index (χ1v) is 6.73. The van der Waals surface area contributed by atoms with Gasteiger partial charge < -0.3 is 11.1 Å². The molecule has 0 saturated carbocycles. The summed E-state index contributed by atoms with van der Waals surface area (Å²) in [7, 11) is 0. The molecular weight excluding hydrogens is 344 g/mol. The average molecular weight is 356 g/mol. The zero-order valence-electron chi connectivity index (χ0n) is 9.30. The molecule has 0 aliphatic heterocycles. The third-order valence-electron chi connectivity index (χ3n) is 2.47. The van der Waals surface area contributed by atoms with Gasteiger partial charge in [0.2, 0.25) is 0 Å². The van der Waals surface area contributed by atoms with Crippen LogP contribution in [-0.2, 0) is 0 Å². The summed E-state index contributed by atoms with van der Waals surface area (Å²) in [6, 6.07) is 11.9. The average Bonchev–Trinajstić information content (AvgIpc) is 2.27. The van der Waals surface area contributed by atoms with Gasteiger partial charge in [0, 0.05) is 14.6 Å². The molecule has 0 heterocycles. The first-order chi connectivity index (χ1) is 8.06. The monoisotopic (exact) mass is 354 g/mol. The van der Waals surface area contributed by atoms with E-state index >= 15 is 0 Å². The van der Waals surface area contributed by atoms with Crippen molar-refractivity contribution in [2.24, 2.45) is 0 Å². The number of nitrogens with one attached hydrogen (secondary N) is 1. The van der Waals surface area contributed by atoms with Crippen LogP contribution in [0.2, 0.25) is 0 Å². The summed E-state index contributed by atoms with van der Waals surface area (Å²) in [5.74, 6) is 0. The molecule has 0 fully saturated rings. The molecule has 0 aliphatic carbocycles. The van der Waals surface area contributed by atoms with E-state index in [0.29, 0.717) is 0 Å². The van der Waals surface area contributed by atoms with Gasteiger partial charge in [-0.2, -0.15) is 0 Å². The Morgan fingerprint density at radius 3 is 2.29 bits per heavy atom. The molecule has 0 amide bonds. The van der Waals surface area contributed by atoms with Gasteiger partial charge in [-0.05, 0) is 48.9 Å². The van der Waals surface area contributed by atoms with E-state index in [2.05, 4.69) is 50.2 Å². The molecule has 0 aromatic heterocycles. The van der Waals surface area contributed by atoms with Crippen LogP contribution in [0.1, 0.15) is 5.56 Å². The van der Waals surface area contributed by atoms with E-state index in [1.165, 1.54) is 5.56 Å². The minimum absolute atomic E-state index is 0.732. The maximum atomic E-state index is 5.92. The van der Waals surface area contributed by atoms with Crippen LogP contribution in [0.5, 0.6) is 0 Å². The lowest BCUT2D eigenvalue weighted by atomic mass is 10.2. The number of anilines is 3. The lowest BCUT2D eigenvalue weighted by Crippen LogP contribution is -1.97. The molecule has 2 nitrogen and oxygen atoms in total. The van der Waals surface area contributed by atoms with Gasteiger partial charge in [-0.1, -0.05) is 31.9 Å². The second-order valence-electron chi connectivity index (χ2n) is 3.82. The molecule has 0 atom stereocenters. The maximum Gasteiger partial charge on any atom is 0.0629 e. The number of hydrogen-bond donors (Lipinski definition) is 2. The summed E-state index contributed by atoms with van der Waals surface area (Å²) < 4.78 is 2.08. The smallest absolute Gasteiger partial charge is 0.0629 e. The van der Waals surface area contributed by atoms with Crippen molar-refractivity contribution in [2.45, 2.75) is 6.92 Å². The van der Waals surface area contributed by atoms with Crippen molar-refractivity contribution in [3.8, 4) is 0 Å². The highest BCUT2D eigenvalue weighted by molar-refractivity contribution is 9.10. The summed E-state index contributed by atoms with van der Waals surface area (Å²) in [5, 5.41) is 3.33. The van der Waals surface area contributed by atoms with Gasteiger partial charge in [0.05, 0.1) is 11.4 Å². The summed E-state index contributed by atoms with van der Waals surface area (Å²) >= 11 is 6.88. The standard InChI is InChI=1S/C13H12Br2N2/c1-8-6-9(14)3-5-12(8)17-13-7-10(15)2-4-11(13)16/h2-7,17H,16H2,1H3. The van der Waals surface area contributed by atoms with Crippen LogP contribution in [0.25, 0.3) is 0 Å². The van der Waals surface area contributed by atoms with Crippen LogP contribution in [0.4, 0.5) is 17.1 Å². The summed E-state index contributed by atoms with van der Waals surface area (Å²) in [6.07, 6.45) is 0. The lowest BCUT2D eigenvalue weighted by molar-refractivity contribution is 1.41. The minimum Gasteiger partial charge on any atom is -0.397 e. The van der Waals surface area contributed by atoms with Gasteiger partial charge in [0.15, 0.2) is 0 Å². The Kier molecular flexibility index (Phi) is 3.74. The first kappa shape index (κ1) is 12.5. The fraction of sp³-hybridized carbons (Fsp3) is 0.0769. The molecule has 0 unspecified atom stereocenters. The van der Waals surface area contributed by atoms with Crippen LogP contribution >= 0.6 is 31.9 Å². The van der Waals surface area contributed by atoms with E-state index in [9.17, 15) is 0 Å². The molecular formula is C13H12Br2N2. The zero-order chi connectivity index (χ0) is 12.4. The molecule has 2 rings (SSSR count). The second kappa shape index (κ2) is 5.10. The Bertz CT molecular complexity index is 553. The van der Waals surface area contributed by atoms with Gasteiger partial charge in [-0.3, -0.25) is 0 Å². The number of nitrogens with two attached hydrogens (primary N) is 1. The van der Waals surface area contributed by atoms with Gasteiger partial charge >= 0.3 is 0 Å². The molecule has 0 spiro atoms. The van der Waals surface area contributed by atoms with E-state index < -0.39 is 0 Å². The Balaban J connectivity index is 2.34. The SMILES string of the molecule is Cc1cc(Br)ccc1Nc1cc(Br)ccc1N. The fourth-order valence-electron chi connectivity index (χ4n) is 1.55. The molecule has 3 N–H and O–H groups in total. The van der Waals surface area contributed by atoms with Crippen LogP contribution < -0.4 is 11.1 Å². The Morgan fingerprint density at radius 1 is 0.941 bits per heavy atom. The number of nitrogen functional groups attached to an aromatic ring is 1. The number of benzene rings is 2. The molecule has 0 bridgehead atoms. The normalized spacial score (nSPS) is 10.3. The first-order valence-electron chi connectivity index (χ1n) is 5.14. The van der Waals surface area contributed by atoms with Crippen LogP contribution in [0.15, 0.2) is 45.3 Å². The van der Waals surface area contributed by atoms with Crippen LogP contribution in [0.3, 0.4) is 0 Å². The van der Waals surface area contributed by atoms with Crippen molar-refractivity contribution in [1.82, 2.24) is 0 Å². The third-order valence-corrected chi connectivity index (χ3v) is 3.46. The minimum atomic E-state index is 0.732. The maximum absolute atomic E-state index is 5.92. The zero-order valence-corrected chi connectivity index (χ0v) is 12.5. The van der Waals surface area contributed by atoms with E-state index in [0.717, 1.165) is 26.0 Å². The highest BCUT2D eigenvalue weighted by atomic mass is 79.9. The predicted molar refractivity (Wildman–Crippen MR) is 80.7 cm³/mol. The van der Waals surface area contributed by atoms with E-state index in [4.69, 9.17) is 5.73 Å². The summed E-state index contributed by atoms with van der Waals surface area (Å²) in [4.78, 5) is 0. The van der Waals surface area contributed by atoms with E-state index in [-0.39, 0.29) is 0 Å². The quantitative estimate of drug-likeness (QED) is 0.756. The van der Waals surface area contributed by atoms with Crippen LogP contribution in [-0.4, -0.2) is 0 Å². The van der Waals surface area contributed by atoms with Crippen molar-refractivity contribution >= 4 is 48.9 Å². The molecule has 0 saturated heterocycles. The van der Waals surface area contributed by atoms with Crippen molar-refractivity contribution in [2.75, 3.05) is 11.1 Å². The molecule has 88 valence electrons. The van der Waals surface area contributed by atoms with Crippen molar-refractivity contribution in [3.63, 3.8) is 0 Å². The van der Waals surface area contributed by atoms with E-state index in [1.807, 2.05) is 30.3 Å².